The Morgan fingerprint density at radius 2 is 2.07 bits per heavy atom. The Bertz CT molecular complexity index is 896. The zero-order valence-corrected chi connectivity index (χ0v) is 15.9. The lowest BCUT2D eigenvalue weighted by Gasteiger charge is -2.31. The molecule has 3 atom stereocenters. The first-order valence-corrected chi connectivity index (χ1v) is 9.48. The highest BCUT2D eigenvalue weighted by molar-refractivity contribution is 5.51. The van der Waals surface area contributed by atoms with Gasteiger partial charge in [-0.15, -0.1) is 0 Å². The van der Waals surface area contributed by atoms with Crippen LogP contribution in [0.1, 0.15) is 48.7 Å². The number of alkyl halides is 3. The number of nitrogens with zero attached hydrogens (tertiary/aromatic N) is 4. The summed E-state index contributed by atoms with van der Waals surface area (Å²) in [4.78, 5) is 12.3. The zero-order valence-electron chi connectivity index (χ0n) is 15.9. The number of nitrogens with one attached hydrogen (secondary N) is 1. The van der Waals surface area contributed by atoms with E-state index in [0.29, 0.717) is 18.1 Å². The molecule has 29 heavy (non-hydrogen) atoms. The first kappa shape index (κ1) is 21.0. The van der Waals surface area contributed by atoms with E-state index in [9.17, 15) is 23.5 Å². The second kappa shape index (κ2) is 8.74. The second-order valence-electron chi connectivity index (χ2n) is 7.39. The van der Waals surface area contributed by atoms with Crippen LogP contribution in [-0.4, -0.2) is 32.2 Å². The third-order valence-electron chi connectivity index (χ3n) is 5.28. The van der Waals surface area contributed by atoms with Crippen molar-refractivity contribution >= 4 is 5.82 Å². The quantitative estimate of drug-likeness (QED) is 0.791. The van der Waals surface area contributed by atoms with Crippen LogP contribution in [0.25, 0.3) is 0 Å². The highest BCUT2D eigenvalue weighted by atomic mass is 19.4. The van der Waals surface area contributed by atoms with E-state index in [0.717, 1.165) is 25.1 Å². The van der Waals surface area contributed by atoms with E-state index in [4.69, 9.17) is 0 Å². The molecule has 3 rings (SSSR count). The van der Waals surface area contributed by atoms with Gasteiger partial charge in [-0.25, -0.2) is 9.97 Å². The predicted octanol–water partition coefficient (Wildman–Crippen LogP) is 3.51. The Hall–Kier alpha value is -2.73. The van der Waals surface area contributed by atoms with Crippen LogP contribution in [0, 0.1) is 17.2 Å². The van der Waals surface area contributed by atoms with Crippen LogP contribution >= 0.6 is 0 Å². The van der Waals surface area contributed by atoms with E-state index in [2.05, 4.69) is 20.3 Å². The van der Waals surface area contributed by atoms with Crippen LogP contribution < -0.4 is 5.32 Å². The lowest BCUT2D eigenvalue weighted by Crippen LogP contribution is -2.35. The SMILES string of the molecule is C[C@@H]1CC[C@H](Nc2nc(CCc3cnccc3C(F)(F)F)ncc2C#N)C[C@H]1O. The average Bonchev–Trinajstić information content (AvgIpc) is 2.69. The Labute approximate surface area is 166 Å². The summed E-state index contributed by atoms with van der Waals surface area (Å²) in [5.74, 6) is 0.923. The number of aryl methyl sites for hydroxylation is 2. The molecule has 0 spiro atoms. The smallest absolute Gasteiger partial charge is 0.393 e. The van der Waals surface area contributed by atoms with Crippen molar-refractivity contribution in [3.8, 4) is 6.07 Å². The fourth-order valence-electron chi connectivity index (χ4n) is 3.50. The molecule has 0 saturated heterocycles. The van der Waals surface area contributed by atoms with E-state index in [-0.39, 0.29) is 35.9 Å². The van der Waals surface area contributed by atoms with Gasteiger partial charge in [0.25, 0.3) is 0 Å². The van der Waals surface area contributed by atoms with Gasteiger partial charge in [0.1, 0.15) is 23.3 Å². The van der Waals surface area contributed by atoms with Gasteiger partial charge in [-0.3, -0.25) is 4.98 Å². The highest BCUT2D eigenvalue weighted by Gasteiger charge is 2.33. The maximum absolute atomic E-state index is 13.1. The zero-order chi connectivity index (χ0) is 21.0. The monoisotopic (exact) mass is 405 g/mol. The van der Waals surface area contributed by atoms with Crippen molar-refractivity contribution in [2.75, 3.05) is 5.32 Å². The van der Waals surface area contributed by atoms with Crippen molar-refractivity contribution < 1.29 is 18.3 Å². The number of nitriles is 1. The number of rotatable bonds is 5. The van der Waals surface area contributed by atoms with Crippen LogP contribution in [0.15, 0.2) is 24.7 Å². The van der Waals surface area contributed by atoms with E-state index in [1.165, 1.54) is 12.4 Å². The molecule has 0 amide bonds. The maximum atomic E-state index is 13.1. The summed E-state index contributed by atoms with van der Waals surface area (Å²) in [5.41, 5.74) is -0.379. The topological polar surface area (TPSA) is 94.7 Å². The molecule has 6 nitrogen and oxygen atoms in total. The van der Waals surface area contributed by atoms with E-state index in [1.54, 1.807) is 0 Å². The normalized spacial score (nSPS) is 22.1. The largest absolute Gasteiger partial charge is 0.416 e. The number of hydrogen-bond acceptors (Lipinski definition) is 6. The third-order valence-corrected chi connectivity index (χ3v) is 5.28. The Balaban J connectivity index is 1.74. The maximum Gasteiger partial charge on any atom is 0.416 e. The molecule has 2 aromatic heterocycles. The molecular weight excluding hydrogens is 383 g/mol. The van der Waals surface area contributed by atoms with Crippen LogP contribution in [0.3, 0.4) is 0 Å². The van der Waals surface area contributed by atoms with E-state index < -0.39 is 17.8 Å². The molecule has 154 valence electrons. The van der Waals surface area contributed by atoms with Gasteiger partial charge >= 0.3 is 6.18 Å². The van der Waals surface area contributed by atoms with E-state index in [1.807, 2.05) is 13.0 Å². The molecule has 1 fully saturated rings. The van der Waals surface area contributed by atoms with Crippen molar-refractivity contribution in [2.24, 2.45) is 5.92 Å². The summed E-state index contributed by atoms with van der Waals surface area (Å²) >= 11 is 0. The number of anilines is 1. The Morgan fingerprint density at radius 3 is 2.76 bits per heavy atom. The number of aliphatic hydroxyl groups excluding tert-OH is 1. The predicted molar refractivity (Wildman–Crippen MR) is 99.8 cm³/mol. The van der Waals surface area contributed by atoms with Crippen molar-refractivity contribution in [1.82, 2.24) is 15.0 Å². The fourth-order valence-corrected chi connectivity index (χ4v) is 3.50. The summed E-state index contributed by atoms with van der Waals surface area (Å²) in [6.45, 7) is 2.00. The summed E-state index contributed by atoms with van der Waals surface area (Å²) < 4.78 is 39.4. The average molecular weight is 405 g/mol. The number of aliphatic hydroxyl groups is 1. The Morgan fingerprint density at radius 1 is 1.28 bits per heavy atom. The van der Waals surface area contributed by atoms with Crippen LogP contribution in [0.4, 0.5) is 19.0 Å². The summed E-state index contributed by atoms with van der Waals surface area (Å²) in [7, 11) is 0. The number of pyridine rings is 1. The molecule has 0 aliphatic heterocycles. The van der Waals surface area contributed by atoms with Crippen molar-refractivity contribution in [2.45, 2.75) is 57.3 Å². The number of hydrogen-bond donors (Lipinski definition) is 2. The van der Waals surface area contributed by atoms with Crippen LogP contribution in [-0.2, 0) is 19.0 Å². The number of aromatic nitrogens is 3. The minimum absolute atomic E-state index is 0.0220. The Kier molecular flexibility index (Phi) is 6.33. The molecular formula is C20H22F3N5O. The molecule has 0 bridgehead atoms. The summed E-state index contributed by atoms with van der Waals surface area (Å²) in [5, 5.41) is 22.6. The first-order valence-electron chi connectivity index (χ1n) is 9.48. The van der Waals surface area contributed by atoms with Crippen molar-refractivity contribution in [3.63, 3.8) is 0 Å². The van der Waals surface area contributed by atoms with Crippen LogP contribution in [0.2, 0.25) is 0 Å². The van der Waals surface area contributed by atoms with Crippen molar-refractivity contribution in [1.29, 1.82) is 5.26 Å². The molecule has 2 aromatic rings. The molecule has 2 heterocycles. The first-order chi connectivity index (χ1) is 13.8. The fraction of sp³-hybridized carbons (Fsp3) is 0.500. The lowest BCUT2D eigenvalue weighted by molar-refractivity contribution is -0.138. The van der Waals surface area contributed by atoms with Gasteiger partial charge < -0.3 is 10.4 Å². The molecule has 1 saturated carbocycles. The summed E-state index contributed by atoms with van der Waals surface area (Å²) in [6.07, 6.45) is 1.34. The highest BCUT2D eigenvalue weighted by Crippen LogP contribution is 2.32. The third kappa shape index (κ3) is 5.21. The standard InChI is InChI=1S/C20H22F3N5O/c1-12-2-4-15(8-17(12)29)27-19-14(9-24)11-26-18(28-19)5-3-13-10-25-7-6-16(13)20(21,22)23/h6-7,10-12,15,17,29H,2-5,8H2,1H3,(H,26,27,28)/t12-,15+,17-/m1/s1. The molecule has 2 N–H and O–H groups in total. The van der Waals surface area contributed by atoms with Gasteiger partial charge in [-0.1, -0.05) is 6.92 Å². The second-order valence-corrected chi connectivity index (χ2v) is 7.39. The molecule has 1 aliphatic rings. The molecule has 9 heteroatoms. The number of halogens is 3. The minimum Gasteiger partial charge on any atom is -0.393 e. The van der Waals surface area contributed by atoms with Crippen LogP contribution in [0.5, 0.6) is 0 Å². The molecule has 1 aliphatic carbocycles. The van der Waals surface area contributed by atoms with Crippen molar-refractivity contribution in [3.05, 3.63) is 47.2 Å². The van der Waals surface area contributed by atoms with E-state index >= 15 is 0 Å². The van der Waals surface area contributed by atoms with Gasteiger partial charge in [0.2, 0.25) is 0 Å². The van der Waals surface area contributed by atoms with Gasteiger partial charge in [0.05, 0.1) is 17.9 Å². The van der Waals surface area contributed by atoms with Gasteiger partial charge in [-0.05, 0) is 43.2 Å². The van der Waals surface area contributed by atoms with Gasteiger partial charge in [-0.2, -0.15) is 18.4 Å². The lowest BCUT2D eigenvalue weighted by atomic mass is 9.85. The van der Waals surface area contributed by atoms with Gasteiger partial charge in [0, 0.05) is 24.9 Å². The minimum atomic E-state index is -4.45. The molecule has 0 aromatic carbocycles. The summed E-state index contributed by atoms with van der Waals surface area (Å²) in [6, 6.07) is 2.96. The molecule has 0 radical (unpaired) electrons. The molecule has 0 unspecified atom stereocenters. The van der Waals surface area contributed by atoms with Gasteiger partial charge in [0.15, 0.2) is 0 Å².